The highest BCUT2D eigenvalue weighted by molar-refractivity contribution is 7.89. The zero-order valence-electron chi connectivity index (χ0n) is 14.6. The standard InChI is InChI=1S/C18H20F3NO3S/c1-22-8-15(13-5-6-24-17(13)9-22)14-7-12(10-26(2)23)3-4-16(14)25-11-18(19,20)21/h3-4,7-8H,5-6,9-11H2,1-2H3. The number of likely N-dealkylation sites (N-methyl/N-ethyl adjacent to an activating group) is 1. The summed E-state index contributed by atoms with van der Waals surface area (Å²) in [7, 11) is 1.88. The highest BCUT2D eigenvalue weighted by atomic mass is 32.2. The maximum absolute atomic E-state index is 12.6. The molecule has 8 heteroatoms. The number of allylic oxidation sites excluding steroid dienone is 1. The lowest BCUT2D eigenvalue weighted by Crippen LogP contribution is -2.21. The topological polar surface area (TPSA) is 44.8 Å². The first-order valence-corrected chi connectivity index (χ1v) is 9.86. The summed E-state index contributed by atoms with van der Waals surface area (Å²) in [5.41, 5.74) is 3.15. The van der Waals surface area contributed by atoms with E-state index in [1.165, 1.54) is 6.07 Å². The normalized spacial score (nSPS) is 18.4. The van der Waals surface area contributed by atoms with Gasteiger partial charge < -0.3 is 18.9 Å². The molecule has 3 rings (SSSR count). The summed E-state index contributed by atoms with van der Waals surface area (Å²) in [6, 6.07) is 4.94. The number of halogens is 3. The van der Waals surface area contributed by atoms with E-state index in [1.54, 1.807) is 18.4 Å². The van der Waals surface area contributed by atoms with Gasteiger partial charge in [0.05, 0.1) is 19.4 Å². The minimum absolute atomic E-state index is 0.160. The molecule has 2 aliphatic rings. The number of benzene rings is 1. The zero-order chi connectivity index (χ0) is 18.9. The summed E-state index contributed by atoms with van der Waals surface area (Å²) in [6.45, 7) is -0.159. The number of alkyl halides is 3. The van der Waals surface area contributed by atoms with E-state index < -0.39 is 24.0 Å². The molecule has 1 aromatic rings. The van der Waals surface area contributed by atoms with Crippen LogP contribution in [0.15, 0.2) is 35.7 Å². The van der Waals surface area contributed by atoms with Crippen molar-refractivity contribution in [3.05, 3.63) is 46.9 Å². The van der Waals surface area contributed by atoms with Crippen LogP contribution >= 0.6 is 0 Å². The highest BCUT2D eigenvalue weighted by Crippen LogP contribution is 2.40. The van der Waals surface area contributed by atoms with E-state index in [1.807, 2.05) is 18.1 Å². The van der Waals surface area contributed by atoms with Crippen molar-refractivity contribution in [3.8, 4) is 5.75 Å². The van der Waals surface area contributed by atoms with E-state index in [4.69, 9.17) is 9.47 Å². The summed E-state index contributed by atoms with van der Waals surface area (Å²) in [5, 5.41) is 0. The molecular formula is C18H20F3NO3S. The maximum Gasteiger partial charge on any atom is 0.422 e. The number of ether oxygens (including phenoxy) is 2. The molecule has 0 aliphatic carbocycles. The van der Waals surface area contributed by atoms with Gasteiger partial charge in [-0.1, -0.05) is 17.2 Å². The highest BCUT2D eigenvalue weighted by Gasteiger charge is 2.31. The second-order valence-electron chi connectivity index (χ2n) is 6.41. The molecule has 142 valence electrons. The van der Waals surface area contributed by atoms with Crippen molar-refractivity contribution in [1.29, 1.82) is 0 Å². The van der Waals surface area contributed by atoms with Crippen molar-refractivity contribution in [2.45, 2.75) is 18.3 Å². The molecular weight excluding hydrogens is 367 g/mol. The van der Waals surface area contributed by atoms with Gasteiger partial charge in [-0.25, -0.2) is 0 Å². The summed E-state index contributed by atoms with van der Waals surface area (Å²) >= 11 is -1.05. The fourth-order valence-electron chi connectivity index (χ4n) is 3.13. The van der Waals surface area contributed by atoms with Gasteiger partial charge in [0, 0.05) is 41.9 Å². The lowest BCUT2D eigenvalue weighted by atomic mass is 9.92. The molecule has 0 saturated heterocycles. The molecule has 0 bridgehead atoms. The van der Waals surface area contributed by atoms with Gasteiger partial charge in [-0.05, 0) is 12.1 Å². The monoisotopic (exact) mass is 387 g/mol. The molecule has 1 atom stereocenters. The predicted molar refractivity (Wildman–Crippen MR) is 94.0 cm³/mol. The van der Waals surface area contributed by atoms with E-state index in [0.29, 0.717) is 30.9 Å². The lowest BCUT2D eigenvalue weighted by molar-refractivity contribution is -0.153. The fraction of sp³-hybridized carbons (Fsp3) is 0.444. The molecule has 0 saturated carbocycles. The molecule has 1 aromatic carbocycles. The maximum atomic E-state index is 12.6. The summed E-state index contributed by atoms with van der Waals surface area (Å²) in [5.74, 6) is 1.34. The van der Waals surface area contributed by atoms with E-state index >= 15 is 0 Å². The molecule has 4 nitrogen and oxygen atoms in total. The Hall–Kier alpha value is -1.80. The van der Waals surface area contributed by atoms with Crippen LogP contribution in [0, 0.1) is 0 Å². The van der Waals surface area contributed by atoms with Gasteiger partial charge >= 0.3 is 6.18 Å². The fourth-order valence-corrected chi connectivity index (χ4v) is 3.78. The van der Waals surface area contributed by atoms with Crippen molar-refractivity contribution in [2.75, 3.05) is 33.1 Å². The molecule has 0 amide bonds. The van der Waals surface area contributed by atoms with E-state index in [-0.39, 0.29) is 5.75 Å². The molecule has 26 heavy (non-hydrogen) atoms. The molecule has 0 spiro atoms. The third kappa shape index (κ3) is 4.48. The Morgan fingerprint density at radius 1 is 1.35 bits per heavy atom. The smallest absolute Gasteiger partial charge is 0.422 e. The van der Waals surface area contributed by atoms with Crippen LogP contribution in [0.4, 0.5) is 13.2 Å². The Morgan fingerprint density at radius 3 is 2.81 bits per heavy atom. The molecule has 1 unspecified atom stereocenters. The Morgan fingerprint density at radius 2 is 2.12 bits per heavy atom. The molecule has 2 aliphatic heterocycles. The number of hydrogen-bond acceptors (Lipinski definition) is 4. The largest absolute Gasteiger partial charge is 0.616 e. The minimum Gasteiger partial charge on any atom is -0.616 e. The molecule has 0 fully saturated rings. The first-order chi connectivity index (χ1) is 12.2. The van der Waals surface area contributed by atoms with Gasteiger partial charge in [0.2, 0.25) is 0 Å². The zero-order valence-corrected chi connectivity index (χ0v) is 15.4. The van der Waals surface area contributed by atoms with Gasteiger partial charge in [0.25, 0.3) is 0 Å². The quantitative estimate of drug-likeness (QED) is 0.726. The molecule has 0 N–H and O–H groups in total. The molecule has 0 aromatic heterocycles. The Labute approximate surface area is 153 Å². The summed E-state index contributed by atoms with van der Waals surface area (Å²) in [6.07, 6.45) is -0.222. The Bertz CT molecular complexity index is 744. The van der Waals surface area contributed by atoms with Crippen LogP contribution in [-0.2, 0) is 21.7 Å². The predicted octanol–water partition coefficient (Wildman–Crippen LogP) is 3.47. The second kappa shape index (κ2) is 7.44. The number of rotatable bonds is 5. The Balaban J connectivity index is 2.01. The third-order valence-corrected chi connectivity index (χ3v) is 4.87. The minimum atomic E-state index is -4.42. The van der Waals surface area contributed by atoms with Crippen LogP contribution in [0.25, 0.3) is 5.57 Å². The van der Waals surface area contributed by atoms with Crippen LogP contribution in [0.3, 0.4) is 0 Å². The van der Waals surface area contributed by atoms with Gasteiger partial charge in [0.1, 0.15) is 17.3 Å². The average Bonchev–Trinajstić information content (AvgIpc) is 2.99. The van der Waals surface area contributed by atoms with Crippen LogP contribution in [0.1, 0.15) is 17.5 Å². The van der Waals surface area contributed by atoms with Crippen LogP contribution in [0.2, 0.25) is 0 Å². The van der Waals surface area contributed by atoms with Crippen LogP contribution < -0.4 is 4.74 Å². The van der Waals surface area contributed by atoms with Crippen molar-refractivity contribution in [2.24, 2.45) is 0 Å². The van der Waals surface area contributed by atoms with Gasteiger partial charge in [-0.15, -0.1) is 0 Å². The SMILES string of the molecule is CN1C=C(c2cc(C[S+](C)[O-])ccc2OCC(F)(F)F)C2=C(C1)OCC2. The van der Waals surface area contributed by atoms with Crippen LogP contribution in [0.5, 0.6) is 5.75 Å². The van der Waals surface area contributed by atoms with Crippen LogP contribution in [-0.4, -0.2) is 48.7 Å². The number of hydrogen-bond donors (Lipinski definition) is 0. The van der Waals surface area contributed by atoms with Crippen molar-refractivity contribution < 1.29 is 27.2 Å². The Kier molecular flexibility index (Phi) is 5.43. The van der Waals surface area contributed by atoms with Crippen molar-refractivity contribution >= 4 is 16.7 Å². The van der Waals surface area contributed by atoms with E-state index in [9.17, 15) is 17.7 Å². The second-order valence-corrected chi connectivity index (χ2v) is 7.85. The first-order valence-electron chi connectivity index (χ1n) is 8.13. The first kappa shape index (κ1) is 19.0. The third-order valence-electron chi connectivity index (χ3n) is 4.13. The summed E-state index contributed by atoms with van der Waals surface area (Å²) < 4.78 is 60.2. The average molecular weight is 387 g/mol. The summed E-state index contributed by atoms with van der Waals surface area (Å²) in [4.78, 5) is 1.93. The van der Waals surface area contributed by atoms with Gasteiger partial charge in [-0.2, -0.15) is 13.2 Å². The lowest BCUT2D eigenvalue weighted by Gasteiger charge is -2.25. The van der Waals surface area contributed by atoms with E-state index in [2.05, 4.69) is 0 Å². The number of nitrogens with zero attached hydrogens (tertiary/aromatic N) is 1. The van der Waals surface area contributed by atoms with Gasteiger partial charge in [0.15, 0.2) is 6.61 Å². The van der Waals surface area contributed by atoms with Gasteiger partial charge in [-0.3, -0.25) is 0 Å². The molecule has 0 radical (unpaired) electrons. The van der Waals surface area contributed by atoms with Crippen molar-refractivity contribution in [1.82, 2.24) is 4.90 Å². The van der Waals surface area contributed by atoms with E-state index in [0.717, 1.165) is 22.5 Å². The molecule has 2 heterocycles. The van der Waals surface area contributed by atoms with Crippen molar-refractivity contribution in [3.63, 3.8) is 0 Å².